The maximum Gasteiger partial charge on any atom is 0.238 e. The Bertz CT molecular complexity index is 587. The van der Waals surface area contributed by atoms with Gasteiger partial charge in [-0.05, 0) is 25.2 Å². The zero-order chi connectivity index (χ0) is 17.4. The molecule has 1 aliphatic rings. The maximum absolute atomic E-state index is 13.8. The summed E-state index contributed by atoms with van der Waals surface area (Å²) in [6.07, 6.45) is 0.274. The largest absolute Gasteiger partial charge is 0.379 e. The van der Waals surface area contributed by atoms with Crippen LogP contribution in [0.5, 0.6) is 0 Å². The Kier molecular flexibility index (Phi) is 12.1. The summed E-state index contributed by atoms with van der Waals surface area (Å²) in [5.41, 5.74) is 0.490. The van der Waals surface area contributed by atoms with Gasteiger partial charge in [0, 0.05) is 31.7 Å². The second-order valence-electron chi connectivity index (χ2n) is 5.53. The van der Waals surface area contributed by atoms with Gasteiger partial charge in [0.05, 0.1) is 25.4 Å². The summed E-state index contributed by atoms with van der Waals surface area (Å²) in [6.45, 7) is 3.70. The quantitative estimate of drug-likeness (QED) is 0.634. The number of ether oxygens (including phenoxy) is 1. The summed E-state index contributed by atoms with van der Waals surface area (Å²) in [6, 6.07) is 4.08. The predicted octanol–water partition coefficient (Wildman–Crippen LogP) is 1.49. The average Bonchev–Trinajstić information content (AvgIpc) is 2.57. The molecule has 3 N–H and O–H groups in total. The lowest BCUT2D eigenvalue weighted by Crippen LogP contribution is -2.38. The highest BCUT2D eigenvalue weighted by Gasteiger charge is 2.13. The Balaban J connectivity index is 0.00000312. The van der Waals surface area contributed by atoms with E-state index in [2.05, 4.69) is 20.9 Å². The van der Waals surface area contributed by atoms with Crippen molar-refractivity contribution < 1.29 is 18.7 Å². The average molecular weight is 411 g/mol. The molecular formula is C16H25Cl2FN4O3. The van der Waals surface area contributed by atoms with Crippen LogP contribution in [0.3, 0.4) is 0 Å². The number of benzene rings is 1. The van der Waals surface area contributed by atoms with Crippen LogP contribution in [0, 0.1) is 5.82 Å². The second-order valence-corrected chi connectivity index (χ2v) is 5.53. The minimum atomic E-state index is -0.540. The molecular weight excluding hydrogens is 386 g/mol. The molecule has 1 saturated heterocycles. The van der Waals surface area contributed by atoms with Gasteiger partial charge in [-0.25, -0.2) is 4.39 Å². The number of halogens is 3. The summed E-state index contributed by atoms with van der Waals surface area (Å²) in [7, 11) is 1.66. The Labute approximate surface area is 164 Å². The van der Waals surface area contributed by atoms with Crippen LogP contribution in [0.4, 0.5) is 15.8 Å². The van der Waals surface area contributed by atoms with Gasteiger partial charge in [-0.1, -0.05) is 0 Å². The molecule has 1 aromatic rings. The Morgan fingerprint density at radius 2 is 1.85 bits per heavy atom. The first-order valence-electron chi connectivity index (χ1n) is 7.92. The maximum atomic E-state index is 13.8. The van der Waals surface area contributed by atoms with Gasteiger partial charge in [0.1, 0.15) is 5.82 Å². The summed E-state index contributed by atoms with van der Waals surface area (Å²) in [5.74, 6) is -1.05. The summed E-state index contributed by atoms with van der Waals surface area (Å²) >= 11 is 0. The molecule has 0 atom stereocenters. The number of nitrogens with one attached hydrogen (secondary N) is 3. The molecule has 2 amide bonds. The molecule has 0 aromatic heterocycles. The number of nitrogens with zero attached hydrogens (tertiary/aromatic N) is 1. The van der Waals surface area contributed by atoms with E-state index < -0.39 is 5.82 Å². The van der Waals surface area contributed by atoms with E-state index in [1.54, 1.807) is 7.05 Å². The number of hydrogen-bond donors (Lipinski definition) is 3. The summed E-state index contributed by atoms with van der Waals surface area (Å²) < 4.78 is 19.1. The molecule has 0 radical (unpaired) electrons. The summed E-state index contributed by atoms with van der Waals surface area (Å²) in [5, 5.41) is 7.91. The highest BCUT2D eigenvalue weighted by molar-refractivity contribution is 5.95. The minimum Gasteiger partial charge on any atom is -0.379 e. The van der Waals surface area contributed by atoms with Crippen molar-refractivity contribution in [2.24, 2.45) is 0 Å². The van der Waals surface area contributed by atoms with Gasteiger partial charge in [-0.15, -0.1) is 24.8 Å². The first kappa shape index (κ1) is 24.6. The molecule has 148 valence electrons. The van der Waals surface area contributed by atoms with Crippen LogP contribution in [0.15, 0.2) is 18.2 Å². The van der Waals surface area contributed by atoms with Crippen LogP contribution in [-0.4, -0.2) is 63.2 Å². The SMILES string of the molecule is CNCC(=O)Nc1ccc(F)c(NC(=O)CCN2CCOCC2)c1.Cl.Cl. The normalized spacial score (nSPS) is 13.9. The van der Waals surface area contributed by atoms with E-state index in [0.717, 1.165) is 13.1 Å². The Morgan fingerprint density at radius 1 is 1.15 bits per heavy atom. The van der Waals surface area contributed by atoms with E-state index in [1.165, 1.54) is 18.2 Å². The van der Waals surface area contributed by atoms with Crippen molar-refractivity contribution in [1.29, 1.82) is 0 Å². The molecule has 1 aromatic carbocycles. The molecule has 2 rings (SSSR count). The molecule has 0 bridgehead atoms. The molecule has 7 nitrogen and oxygen atoms in total. The zero-order valence-corrected chi connectivity index (χ0v) is 16.2. The van der Waals surface area contributed by atoms with Crippen molar-refractivity contribution in [2.45, 2.75) is 6.42 Å². The van der Waals surface area contributed by atoms with Crippen molar-refractivity contribution in [3.63, 3.8) is 0 Å². The standard InChI is InChI=1S/C16H23FN4O3.2ClH/c1-18-11-16(23)19-12-2-3-13(17)14(10-12)20-15(22)4-5-21-6-8-24-9-7-21;;/h2-3,10,18H,4-9,11H2,1H3,(H,19,23)(H,20,22);2*1H. The topological polar surface area (TPSA) is 82.7 Å². The van der Waals surface area contributed by atoms with Gasteiger partial charge in [-0.2, -0.15) is 0 Å². The van der Waals surface area contributed by atoms with Crippen LogP contribution in [0.1, 0.15) is 6.42 Å². The fraction of sp³-hybridized carbons (Fsp3) is 0.500. The van der Waals surface area contributed by atoms with E-state index in [4.69, 9.17) is 4.74 Å². The van der Waals surface area contributed by atoms with E-state index in [0.29, 0.717) is 25.4 Å². The van der Waals surface area contributed by atoms with Crippen LogP contribution in [0.2, 0.25) is 0 Å². The van der Waals surface area contributed by atoms with E-state index in [9.17, 15) is 14.0 Å². The molecule has 0 spiro atoms. The number of carbonyl (C=O) groups excluding carboxylic acids is 2. The highest BCUT2D eigenvalue weighted by atomic mass is 35.5. The number of anilines is 2. The number of morpholine rings is 1. The Hall–Kier alpha value is -1.45. The fourth-order valence-electron chi connectivity index (χ4n) is 2.36. The molecule has 1 fully saturated rings. The minimum absolute atomic E-state index is 0. The first-order chi connectivity index (χ1) is 11.6. The molecule has 0 saturated carbocycles. The van der Waals surface area contributed by atoms with Crippen LogP contribution in [0.25, 0.3) is 0 Å². The van der Waals surface area contributed by atoms with Crippen molar-refractivity contribution in [3.8, 4) is 0 Å². The monoisotopic (exact) mass is 410 g/mol. The van der Waals surface area contributed by atoms with Crippen molar-refractivity contribution in [1.82, 2.24) is 10.2 Å². The summed E-state index contributed by atoms with van der Waals surface area (Å²) in [4.78, 5) is 25.7. The van der Waals surface area contributed by atoms with Crippen LogP contribution >= 0.6 is 24.8 Å². The van der Waals surface area contributed by atoms with Crippen LogP contribution in [-0.2, 0) is 14.3 Å². The van der Waals surface area contributed by atoms with Gasteiger partial charge in [0.2, 0.25) is 11.8 Å². The number of likely N-dealkylation sites (N-methyl/N-ethyl adjacent to an activating group) is 1. The number of hydrogen-bond acceptors (Lipinski definition) is 5. The van der Waals surface area contributed by atoms with Crippen molar-refractivity contribution in [3.05, 3.63) is 24.0 Å². The molecule has 10 heteroatoms. The van der Waals surface area contributed by atoms with Crippen molar-refractivity contribution in [2.75, 3.05) is 57.1 Å². The van der Waals surface area contributed by atoms with Gasteiger partial charge in [-0.3, -0.25) is 14.5 Å². The number of rotatable bonds is 7. The van der Waals surface area contributed by atoms with Gasteiger partial charge in [0.15, 0.2) is 0 Å². The van der Waals surface area contributed by atoms with Gasteiger partial charge >= 0.3 is 0 Å². The lowest BCUT2D eigenvalue weighted by Gasteiger charge is -2.26. The highest BCUT2D eigenvalue weighted by Crippen LogP contribution is 2.20. The molecule has 0 unspecified atom stereocenters. The van der Waals surface area contributed by atoms with E-state index in [1.807, 2.05) is 0 Å². The van der Waals surface area contributed by atoms with Gasteiger partial charge in [0.25, 0.3) is 0 Å². The second kappa shape index (κ2) is 12.8. The molecule has 1 aliphatic heterocycles. The smallest absolute Gasteiger partial charge is 0.238 e. The molecule has 26 heavy (non-hydrogen) atoms. The Morgan fingerprint density at radius 3 is 2.50 bits per heavy atom. The van der Waals surface area contributed by atoms with Crippen LogP contribution < -0.4 is 16.0 Å². The third-order valence-electron chi connectivity index (χ3n) is 3.62. The number of amides is 2. The molecule has 1 heterocycles. The number of carbonyl (C=O) groups is 2. The zero-order valence-electron chi connectivity index (χ0n) is 14.5. The third-order valence-corrected chi connectivity index (χ3v) is 3.62. The lowest BCUT2D eigenvalue weighted by atomic mass is 10.2. The van der Waals surface area contributed by atoms with Gasteiger partial charge < -0.3 is 20.7 Å². The van der Waals surface area contributed by atoms with E-state index in [-0.39, 0.29) is 55.3 Å². The fourth-order valence-corrected chi connectivity index (χ4v) is 2.36. The van der Waals surface area contributed by atoms with E-state index >= 15 is 0 Å². The molecule has 0 aliphatic carbocycles. The first-order valence-corrected chi connectivity index (χ1v) is 7.92. The predicted molar refractivity (Wildman–Crippen MR) is 104 cm³/mol. The van der Waals surface area contributed by atoms with Crippen molar-refractivity contribution >= 4 is 48.0 Å². The lowest BCUT2D eigenvalue weighted by molar-refractivity contribution is -0.117. The third kappa shape index (κ3) is 8.29.